The second-order valence-corrected chi connectivity index (χ2v) is 7.53. The van der Waals surface area contributed by atoms with E-state index in [1.54, 1.807) is 6.07 Å². The van der Waals surface area contributed by atoms with Gasteiger partial charge in [-0.1, -0.05) is 25.0 Å². The normalized spacial score (nSPS) is 26.7. The highest BCUT2D eigenvalue weighted by atomic mass is 16.4. The molecule has 1 saturated carbocycles. The molecule has 1 aliphatic heterocycles. The Morgan fingerprint density at radius 3 is 2.88 bits per heavy atom. The van der Waals surface area contributed by atoms with Crippen LogP contribution in [0.25, 0.3) is 11.0 Å². The van der Waals surface area contributed by atoms with Gasteiger partial charge in [-0.3, -0.25) is 9.69 Å². The van der Waals surface area contributed by atoms with Crippen molar-refractivity contribution in [1.29, 1.82) is 0 Å². The van der Waals surface area contributed by atoms with Crippen LogP contribution in [-0.2, 0) is 11.3 Å². The van der Waals surface area contributed by atoms with Gasteiger partial charge >= 0.3 is 5.63 Å². The smallest absolute Gasteiger partial charge is 0.336 e. The van der Waals surface area contributed by atoms with Crippen LogP contribution < -0.4 is 11.4 Å². The molecule has 1 saturated heterocycles. The number of nitrogens with two attached hydrogens (primary N) is 1. The van der Waals surface area contributed by atoms with E-state index < -0.39 is 0 Å². The Morgan fingerprint density at radius 1 is 1.28 bits per heavy atom. The van der Waals surface area contributed by atoms with Crippen molar-refractivity contribution < 1.29 is 9.21 Å². The number of rotatable bonds is 3. The summed E-state index contributed by atoms with van der Waals surface area (Å²) >= 11 is 0. The average Bonchev–Trinajstić information content (AvgIpc) is 2.93. The van der Waals surface area contributed by atoms with E-state index in [4.69, 9.17) is 10.2 Å². The van der Waals surface area contributed by atoms with E-state index in [9.17, 15) is 9.59 Å². The molecule has 25 heavy (non-hydrogen) atoms. The highest BCUT2D eigenvalue weighted by molar-refractivity contribution is 5.82. The third-order valence-corrected chi connectivity index (χ3v) is 5.89. The number of primary amides is 1. The molecule has 0 bridgehead atoms. The summed E-state index contributed by atoms with van der Waals surface area (Å²) in [6.45, 7) is 2.54. The fourth-order valence-electron chi connectivity index (χ4n) is 4.72. The minimum Gasteiger partial charge on any atom is -0.423 e. The zero-order valence-electron chi connectivity index (χ0n) is 14.5. The number of fused-ring (bicyclic) bond motifs is 2. The van der Waals surface area contributed by atoms with Crippen molar-refractivity contribution in [1.82, 2.24) is 4.90 Å². The molecule has 3 unspecified atom stereocenters. The first-order valence-corrected chi connectivity index (χ1v) is 9.11. The molecule has 1 aliphatic carbocycles. The van der Waals surface area contributed by atoms with Crippen molar-refractivity contribution in [3.05, 3.63) is 45.8 Å². The molecule has 2 fully saturated rings. The Labute approximate surface area is 146 Å². The summed E-state index contributed by atoms with van der Waals surface area (Å²) in [5.41, 5.74) is 7.93. The van der Waals surface area contributed by atoms with Crippen LogP contribution in [0.1, 0.15) is 43.2 Å². The number of nitrogens with zero attached hydrogens (tertiary/aromatic N) is 1. The quantitative estimate of drug-likeness (QED) is 0.872. The number of benzene rings is 1. The number of hydrogen-bond donors (Lipinski definition) is 1. The standard InChI is InChI=1S/C20H24N2O3/c1-12-6-7-15-14(10-19(23)25-18(15)8-12)11-22-16-5-3-2-4-13(16)9-17(22)20(21)24/h6-8,10,13,16-17H,2-5,9,11H2,1H3,(H2,21,24). The zero-order chi connectivity index (χ0) is 17.6. The number of carbonyl (C=O) groups is 1. The van der Waals surface area contributed by atoms with E-state index in [0.29, 0.717) is 24.1 Å². The lowest BCUT2D eigenvalue weighted by molar-refractivity contribution is -0.122. The molecule has 1 aromatic carbocycles. The van der Waals surface area contributed by atoms with Gasteiger partial charge in [-0.2, -0.15) is 0 Å². The summed E-state index contributed by atoms with van der Waals surface area (Å²) in [6, 6.07) is 7.62. The van der Waals surface area contributed by atoms with Crippen molar-refractivity contribution >= 4 is 16.9 Å². The molecule has 0 spiro atoms. The predicted octanol–water partition coefficient (Wildman–Crippen LogP) is 2.72. The molecule has 2 N–H and O–H groups in total. The largest absolute Gasteiger partial charge is 0.423 e. The average molecular weight is 340 g/mol. The van der Waals surface area contributed by atoms with Crippen LogP contribution >= 0.6 is 0 Å². The van der Waals surface area contributed by atoms with Gasteiger partial charge in [0.1, 0.15) is 5.58 Å². The molecular formula is C20H24N2O3. The number of amides is 1. The van der Waals surface area contributed by atoms with E-state index in [1.807, 2.05) is 25.1 Å². The molecule has 2 aliphatic rings. The van der Waals surface area contributed by atoms with Gasteiger partial charge in [-0.15, -0.1) is 0 Å². The maximum absolute atomic E-state index is 12.0. The lowest BCUT2D eigenvalue weighted by atomic mass is 9.84. The molecule has 1 aromatic heterocycles. The summed E-state index contributed by atoms with van der Waals surface area (Å²) in [4.78, 5) is 26.3. The lowest BCUT2D eigenvalue weighted by Gasteiger charge is -2.33. The maximum Gasteiger partial charge on any atom is 0.336 e. The van der Waals surface area contributed by atoms with Gasteiger partial charge in [0.05, 0.1) is 6.04 Å². The molecule has 0 radical (unpaired) electrons. The number of carbonyl (C=O) groups excluding carboxylic acids is 1. The van der Waals surface area contributed by atoms with Crippen molar-refractivity contribution in [3.63, 3.8) is 0 Å². The van der Waals surface area contributed by atoms with E-state index in [2.05, 4.69) is 4.90 Å². The second-order valence-electron chi connectivity index (χ2n) is 7.53. The van der Waals surface area contributed by atoms with Crippen molar-refractivity contribution in [2.75, 3.05) is 0 Å². The first-order chi connectivity index (χ1) is 12.0. The van der Waals surface area contributed by atoms with E-state index >= 15 is 0 Å². The Morgan fingerprint density at radius 2 is 2.08 bits per heavy atom. The van der Waals surface area contributed by atoms with Crippen LogP contribution in [0, 0.1) is 12.8 Å². The van der Waals surface area contributed by atoms with E-state index in [0.717, 1.165) is 29.4 Å². The summed E-state index contributed by atoms with van der Waals surface area (Å²) in [7, 11) is 0. The fourth-order valence-corrected chi connectivity index (χ4v) is 4.72. The monoisotopic (exact) mass is 340 g/mol. The number of likely N-dealkylation sites (tertiary alicyclic amines) is 1. The molecule has 132 valence electrons. The van der Waals surface area contributed by atoms with Gasteiger partial charge in [0, 0.05) is 24.0 Å². The van der Waals surface area contributed by atoms with E-state index in [-0.39, 0.29) is 17.6 Å². The van der Waals surface area contributed by atoms with Gasteiger partial charge in [-0.05, 0) is 49.3 Å². The summed E-state index contributed by atoms with van der Waals surface area (Å²) in [5, 5.41) is 0.938. The predicted molar refractivity (Wildman–Crippen MR) is 96.1 cm³/mol. The Bertz CT molecular complexity index is 873. The van der Waals surface area contributed by atoms with Gasteiger partial charge in [0.2, 0.25) is 5.91 Å². The van der Waals surface area contributed by atoms with Gasteiger partial charge in [-0.25, -0.2) is 4.79 Å². The topological polar surface area (TPSA) is 76.5 Å². The molecule has 4 rings (SSSR count). The van der Waals surface area contributed by atoms with Crippen LogP contribution in [0.4, 0.5) is 0 Å². The Hall–Kier alpha value is -2.14. The Kier molecular flexibility index (Phi) is 4.12. The van der Waals surface area contributed by atoms with Crippen molar-refractivity contribution in [3.8, 4) is 0 Å². The third kappa shape index (κ3) is 2.97. The van der Waals surface area contributed by atoms with Gasteiger partial charge in [0.25, 0.3) is 0 Å². The molecular weight excluding hydrogens is 316 g/mol. The van der Waals surface area contributed by atoms with Gasteiger partial charge in [0.15, 0.2) is 0 Å². The summed E-state index contributed by atoms with van der Waals surface area (Å²) < 4.78 is 5.36. The number of hydrogen-bond acceptors (Lipinski definition) is 4. The minimum absolute atomic E-state index is 0.235. The molecule has 5 nitrogen and oxygen atoms in total. The lowest BCUT2D eigenvalue weighted by Crippen LogP contribution is -2.44. The first-order valence-electron chi connectivity index (χ1n) is 9.11. The highest BCUT2D eigenvalue weighted by Gasteiger charge is 2.44. The van der Waals surface area contributed by atoms with Crippen LogP contribution in [0.15, 0.2) is 33.5 Å². The van der Waals surface area contributed by atoms with Gasteiger partial charge < -0.3 is 10.2 Å². The van der Waals surface area contributed by atoms with Crippen molar-refractivity contribution in [2.24, 2.45) is 11.7 Å². The Balaban J connectivity index is 1.74. The van der Waals surface area contributed by atoms with Crippen LogP contribution in [-0.4, -0.2) is 22.9 Å². The summed E-state index contributed by atoms with van der Waals surface area (Å²) in [5.74, 6) is 0.289. The fraction of sp³-hybridized carbons (Fsp3) is 0.500. The van der Waals surface area contributed by atoms with Crippen LogP contribution in [0.2, 0.25) is 0 Å². The maximum atomic E-state index is 12.0. The SMILES string of the molecule is Cc1ccc2c(CN3C(C(N)=O)CC4CCCCC43)cc(=O)oc2c1. The zero-order valence-corrected chi connectivity index (χ0v) is 14.5. The first kappa shape index (κ1) is 16.3. The molecule has 5 heteroatoms. The molecule has 3 atom stereocenters. The molecule has 1 amide bonds. The third-order valence-electron chi connectivity index (χ3n) is 5.89. The van der Waals surface area contributed by atoms with Crippen molar-refractivity contribution in [2.45, 2.75) is 57.7 Å². The van der Waals surface area contributed by atoms with Crippen LogP contribution in [0.3, 0.4) is 0 Å². The van der Waals surface area contributed by atoms with Crippen LogP contribution in [0.5, 0.6) is 0 Å². The summed E-state index contributed by atoms with van der Waals surface area (Å²) in [6.07, 6.45) is 5.55. The second kappa shape index (κ2) is 6.30. The molecule has 2 heterocycles. The number of aryl methyl sites for hydroxylation is 1. The minimum atomic E-state index is -0.344. The highest BCUT2D eigenvalue weighted by Crippen LogP contribution is 2.40. The molecule has 2 aromatic rings. The van der Waals surface area contributed by atoms with E-state index in [1.165, 1.54) is 19.3 Å².